The zero-order valence-electron chi connectivity index (χ0n) is 11.1. The highest BCUT2D eigenvalue weighted by Crippen LogP contribution is 2.32. The van der Waals surface area contributed by atoms with Gasteiger partial charge in [0.2, 0.25) is 0 Å². The number of nitrogens with one attached hydrogen (secondary N) is 1. The molecule has 5 nitrogen and oxygen atoms in total. The summed E-state index contributed by atoms with van der Waals surface area (Å²) in [6, 6.07) is 4.75. The molecule has 2 heterocycles. The molecule has 0 saturated heterocycles. The van der Waals surface area contributed by atoms with Crippen LogP contribution in [0.1, 0.15) is 34.4 Å². The smallest absolute Gasteiger partial charge is 0.323 e. The van der Waals surface area contributed by atoms with Crippen LogP contribution >= 0.6 is 11.3 Å². The molecule has 0 saturated carbocycles. The Bertz CT molecular complexity index is 654. The number of pyridine rings is 1. The lowest BCUT2D eigenvalue weighted by atomic mass is 9.93. The lowest BCUT2D eigenvalue weighted by Crippen LogP contribution is -2.36. The summed E-state index contributed by atoms with van der Waals surface area (Å²) in [4.78, 5) is 17.8. The van der Waals surface area contributed by atoms with Crippen LogP contribution in [0.15, 0.2) is 24.4 Å². The van der Waals surface area contributed by atoms with Gasteiger partial charge in [0.15, 0.2) is 11.3 Å². The van der Waals surface area contributed by atoms with E-state index in [1.165, 1.54) is 28.5 Å². The second kappa shape index (κ2) is 5.20. The van der Waals surface area contributed by atoms with Gasteiger partial charge in [-0.05, 0) is 31.2 Å². The van der Waals surface area contributed by atoms with Crippen molar-refractivity contribution in [1.29, 1.82) is 0 Å². The van der Waals surface area contributed by atoms with Gasteiger partial charge in [-0.2, -0.15) is 4.73 Å². The third kappa shape index (κ3) is 2.51. The maximum Gasteiger partial charge on any atom is 0.323 e. The molecule has 0 spiro atoms. The van der Waals surface area contributed by atoms with Crippen LogP contribution in [0.4, 0.5) is 5.13 Å². The third-order valence-electron chi connectivity index (χ3n) is 3.46. The minimum atomic E-state index is -0.417. The number of amides is 1. The first-order valence-corrected chi connectivity index (χ1v) is 7.43. The van der Waals surface area contributed by atoms with Crippen molar-refractivity contribution in [1.82, 2.24) is 4.98 Å². The Morgan fingerprint density at radius 1 is 1.55 bits per heavy atom. The molecule has 0 aromatic carbocycles. The van der Waals surface area contributed by atoms with Crippen LogP contribution in [-0.2, 0) is 12.8 Å². The number of aryl methyl sites for hydroxylation is 1. The summed E-state index contributed by atoms with van der Waals surface area (Å²) in [5, 5.41) is 14.8. The number of carbonyl (C=O) groups excluding carboxylic acids is 1. The van der Waals surface area contributed by atoms with E-state index in [1.54, 1.807) is 12.1 Å². The Kier molecular flexibility index (Phi) is 3.40. The van der Waals surface area contributed by atoms with Crippen LogP contribution in [-0.4, -0.2) is 10.9 Å². The molecule has 2 aromatic heterocycles. The van der Waals surface area contributed by atoms with Gasteiger partial charge in [-0.1, -0.05) is 6.92 Å². The number of nitrogens with zero attached hydrogens (tertiary/aromatic N) is 2. The van der Waals surface area contributed by atoms with Gasteiger partial charge < -0.3 is 5.21 Å². The Labute approximate surface area is 120 Å². The average molecular weight is 289 g/mol. The number of thiazole rings is 1. The lowest BCUT2D eigenvalue weighted by Gasteiger charge is -2.15. The molecule has 0 radical (unpaired) electrons. The minimum Gasteiger partial charge on any atom is -0.618 e. The summed E-state index contributed by atoms with van der Waals surface area (Å²) in [6.45, 7) is 2.23. The Balaban J connectivity index is 1.79. The van der Waals surface area contributed by atoms with Crippen molar-refractivity contribution < 1.29 is 9.52 Å². The van der Waals surface area contributed by atoms with Crippen molar-refractivity contribution in [3.05, 3.63) is 45.9 Å². The van der Waals surface area contributed by atoms with E-state index in [4.69, 9.17) is 0 Å². The van der Waals surface area contributed by atoms with Gasteiger partial charge in [0, 0.05) is 17.0 Å². The largest absolute Gasteiger partial charge is 0.618 e. The fraction of sp³-hybridized carbons (Fsp3) is 0.357. The Morgan fingerprint density at radius 2 is 2.40 bits per heavy atom. The molecule has 0 fully saturated rings. The van der Waals surface area contributed by atoms with Crippen LogP contribution in [0.25, 0.3) is 0 Å². The van der Waals surface area contributed by atoms with Gasteiger partial charge >= 0.3 is 5.91 Å². The number of aromatic nitrogens is 2. The SMILES string of the molecule is C[C@@H]1CCc2nc(NC(=O)c3cccc[n+]3[O-])sc2C1. The van der Waals surface area contributed by atoms with Gasteiger partial charge in [0.1, 0.15) is 0 Å². The first-order chi connectivity index (χ1) is 9.63. The number of hydrogen-bond acceptors (Lipinski definition) is 4. The molecule has 1 N–H and O–H groups in total. The molecular weight excluding hydrogens is 274 g/mol. The van der Waals surface area contributed by atoms with Crippen molar-refractivity contribution in [3.63, 3.8) is 0 Å². The normalized spacial score (nSPS) is 17.6. The topological polar surface area (TPSA) is 68.9 Å². The molecule has 1 aliphatic carbocycles. The van der Waals surface area contributed by atoms with Gasteiger partial charge in [-0.3, -0.25) is 10.1 Å². The van der Waals surface area contributed by atoms with Gasteiger partial charge in [-0.15, -0.1) is 11.3 Å². The van der Waals surface area contributed by atoms with Crippen LogP contribution < -0.4 is 10.0 Å². The molecule has 1 amide bonds. The van der Waals surface area contributed by atoms with E-state index < -0.39 is 5.91 Å². The molecule has 6 heteroatoms. The van der Waals surface area contributed by atoms with E-state index in [9.17, 15) is 10.0 Å². The highest BCUT2D eigenvalue weighted by molar-refractivity contribution is 7.15. The number of fused-ring (bicyclic) bond motifs is 1. The predicted molar refractivity (Wildman–Crippen MR) is 76.7 cm³/mol. The summed E-state index contributed by atoms with van der Waals surface area (Å²) in [5.41, 5.74) is 1.17. The lowest BCUT2D eigenvalue weighted by molar-refractivity contribution is -0.607. The molecule has 0 bridgehead atoms. The van der Waals surface area contributed by atoms with Gasteiger partial charge in [0.05, 0.1) is 5.69 Å². The van der Waals surface area contributed by atoms with Crippen LogP contribution in [0.5, 0.6) is 0 Å². The van der Waals surface area contributed by atoms with Crippen LogP contribution in [0.3, 0.4) is 0 Å². The van der Waals surface area contributed by atoms with E-state index >= 15 is 0 Å². The number of rotatable bonds is 2. The van der Waals surface area contributed by atoms with Gasteiger partial charge in [0.25, 0.3) is 5.69 Å². The standard InChI is InChI=1S/C14H15N3O2S/c1-9-5-6-10-12(8-9)20-14(15-10)16-13(18)11-4-2-3-7-17(11)19/h2-4,7,9H,5-6,8H2,1H3,(H,15,16,18)/t9-/m1/s1. The fourth-order valence-corrected chi connectivity index (χ4v) is 3.52. The maximum absolute atomic E-state index is 12.0. The second-order valence-corrected chi connectivity index (χ2v) is 6.19. The molecule has 104 valence electrons. The quantitative estimate of drug-likeness (QED) is 0.680. The fourth-order valence-electron chi connectivity index (χ4n) is 2.36. The number of anilines is 1. The summed E-state index contributed by atoms with van der Waals surface area (Å²) in [5.74, 6) is 0.254. The molecular formula is C14H15N3O2S. The third-order valence-corrected chi connectivity index (χ3v) is 4.50. The zero-order valence-corrected chi connectivity index (χ0v) is 11.9. The zero-order chi connectivity index (χ0) is 14.1. The highest BCUT2D eigenvalue weighted by Gasteiger charge is 2.22. The predicted octanol–water partition coefficient (Wildman–Crippen LogP) is 2.15. The van der Waals surface area contributed by atoms with E-state index in [1.807, 2.05) is 0 Å². The summed E-state index contributed by atoms with van der Waals surface area (Å²) in [7, 11) is 0. The Morgan fingerprint density at radius 3 is 3.20 bits per heavy atom. The van der Waals surface area contributed by atoms with Crippen LogP contribution in [0, 0.1) is 11.1 Å². The van der Waals surface area contributed by atoms with E-state index in [-0.39, 0.29) is 5.69 Å². The molecule has 20 heavy (non-hydrogen) atoms. The second-order valence-electron chi connectivity index (χ2n) is 5.10. The minimum absolute atomic E-state index is 0.0778. The molecule has 2 aromatic rings. The first-order valence-electron chi connectivity index (χ1n) is 6.61. The molecule has 1 atom stereocenters. The van der Waals surface area contributed by atoms with E-state index in [0.29, 0.717) is 15.8 Å². The Hall–Kier alpha value is -1.95. The number of carbonyl (C=O) groups is 1. The molecule has 1 aliphatic rings. The van der Waals surface area contributed by atoms with Crippen molar-refractivity contribution in [3.8, 4) is 0 Å². The highest BCUT2D eigenvalue weighted by atomic mass is 32.1. The van der Waals surface area contributed by atoms with Gasteiger partial charge in [-0.25, -0.2) is 4.98 Å². The van der Waals surface area contributed by atoms with E-state index in [2.05, 4.69) is 17.2 Å². The monoisotopic (exact) mass is 289 g/mol. The number of hydrogen-bond donors (Lipinski definition) is 1. The summed E-state index contributed by atoms with van der Waals surface area (Å²) >= 11 is 1.51. The maximum atomic E-state index is 12.0. The van der Waals surface area contributed by atoms with Crippen molar-refractivity contribution in [2.45, 2.75) is 26.2 Å². The van der Waals surface area contributed by atoms with Crippen molar-refractivity contribution in [2.75, 3.05) is 5.32 Å². The average Bonchev–Trinajstić information content (AvgIpc) is 2.80. The van der Waals surface area contributed by atoms with Crippen molar-refractivity contribution >= 4 is 22.4 Å². The van der Waals surface area contributed by atoms with Crippen LogP contribution in [0.2, 0.25) is 0 Å². The van der Waals surface area contributed by atoms with Crippen molar-refractivity contribution in [2.24, 2.45) is 5.92 Å². The summed E-state index contributed by atoms with van der Waals surface area (Å²) < 4.78 is 0.560. The molecule has 0 aliphatic heterocycles. The summed E-state index contributed by atoms with van der Waals surface area (Å²) in [6.07, 6.45) is 4.44. The van der Waals surface area contributed by atoms with E-state index in [0.717, 1.165) is 25.0 Å². The first kappa shape index (κ1) is 13.1. The molecule has 0 unspecified atom stereocenters. The molecule has 3 rings (SSSR count).